The van der Waals surface area contributed by atoms with Gasteiger partial charge in [0, 0.05) is 50.2 Å². The highest BCUT2D eigenvalue weighted by Crippen LogP contribution is 2.30. The van der Waals surface area contributed by atoms with Gasteiger partial charge >= 0.3 is 5.97 Å². The predicted molar refractivity (Wildman–Crippen MR) is 90.7 cm³/mol. The van der Waals surface area contributed by atoms with Crippen molar-refractivity contribution in [3.05, 3.63) is 30.0 Å². The number of para-hydroxylation sites is 1. The number of carbonyl (C=O) groups is 1. The molecular formula is C17H23N3O4. The van der Waals surface area contributed by atoms with Gasteiger partial charge in [-0.25, -0.2) is 4.79 Å². The molecule has 1 aromatic carbocycles. The summed E-state index contributed by atoms with van der Waals surface area (Å²) >= 11 is 0. The second-order valence-corrected chi connectivity index (χ2v) is 5.94. The molecule has 7 heteroatoms. The highest BCUT2D eigenvalue weighted by atomic mass is 16.5. The maximum Gasteiger partial charge on any atom is 0.356 e. The molecule has 130 valence electrons. The summed E-state index contributed by atoms with van der Waals surface area (Å²) in [6.07, 6.45) is 0. The summed E-state index contributed by atoms with van der Waals surface area (Å²) in [6.45, 7) is 5.87. The number of hydrogen-bond acceptors (Lipinski definition) is 5. The number of piperazine rings is 1. The zero-order chi connectivity index (χ0) is 16.9. The van der Waals surface area contributed by atoms with Crippen LogP contribution in [0.5, 0.6) is 5.75 Å². The van der Waals surface area contributed by atoms with Crippen LogP contribution in [0.15, 0.2) is 24.3 Å². The largest absolute Gasteiger partial charge is 0.489 e. The van der Waals surface area contributed by atoms with Crippen LogP contribution in [0.4, 0.5) is 0 Å². The van der Waals surface area contributed by atoms with Crippen molar-refractivity contribution >= 4 is 16.9 Å². The Hall–Kier alpha value is -2.09. The molecule has 24 heavy (non-hydrogen) atoms. The van der Waals surface area contributed by atoms with Gasteiger partial charge in [-0.05, 0) is 12.1 Å². The lowest BCUT2D eigenvalue weighted by atomic mass is 10.2. The van der Waals surface area contributed by atoms with Crippen molar-refractivity contribution in [2.75, 3.05) is 52.5 Å². The molecular weight excluding hydrogens is 310 g/mol. The van der Waals surface area contributed by atoms with Gasteiger partial charge in [0.25, 0.3) is 0 Å². The smallest absolute Gasteiger partial charge is 0.356 e. The van der Waals surface area contributed by atoms with Crippen LogP contribution in [0.25, 0.3) is 10.9 Å². The first-order valence-corrected chi connectivity index (χ1v) is 8.21. The van der Waals surface area contributed by atoms with Crippen molar-refractivity contribution in [1.29, 1.82) is 0 Å². The fourth-order valence-corrected chi connectivity index (χ4v) is 3.07. The molecule has 1 fully saturated rings. The minimum Gasteiger partial charge on any atom is -0.489 e. The Kier molecular flexibility index (Phi) is 5.34. The number of β-amino-alcohol motifs (C(OH)–C–C–N with tert-alkyl or cyclic N) is 1. The van der Waals surface area contributed by atoms with E-state index in [1.165, 1.54) is 0 Å². The quantitative estimate of drug-likeness (QED) is 0.696. The van der Waals surface area contributed by atoms with Crippen LogP contribution >= 0.6 is 0 Å². The number of ether oxygens (including phenoxy) is 1. The van der Waals surface area contributed by atoms with Gasteiger partial charge < -0.3 is 19.9 Å². The van der Waals surface area contributed by atoms with Crippen molar-refractivity contribution in [3.63, 3.8) is 0 Å². The third kappa shape index (κ3) is 3.69. The van der Waals surface area contributed by atoms with Crippen molar-refractivity contribution in [1.82, 2.24) is 14.8 Å². The van der Waals surface area contributed by atoms with Crippen LogP contribution < -0.4 is 4.74 Å². The van der Waals surface area contributed by atoms with Crippen molar-refractivity contribution in [3.8, 4) is 5.75 Å². The summed E-state index contributed by atoms with van der Waals surface area (Å²) < 4.78 is 5.82. The molecule has 0 atom stereocenters. The highest BCUT2D eigenvalue weighted by molar-refractivity contribution is 6.00. The number of carboxylic acids is 1. The maximum absolute atomic E-state index is 11.4. The predicted octanol–water partition coefficient (Wildman–Crippen LogP) is 0.855. The first-order valence-electron chi connectivity index (χ1n) is 8.21. The number of rotatable bonds is 7. The first-order chi connectivity index (χ1) is 11.7. The molecule has 0 unspecified atom stereocenters. The molecule has 1 aromatic heterocycles. The summed E-state index contributed by atoms with van der Waals surface area (Å²) in [5.41, 5.74) is 0.867. The number of carboxylic acid groups (broad SMARTS) is 1. The van der Waals surface area contributed by atoms with Crippen LogP contribution in [-0.4, -0.2) is 83.4 Å². The lowest BCUT2D eigenvalue weighted by Crippen LogP contribution is -2.48. The summed E-state index contributed by atoms with van der Waals surface area (Å²) in [5, 5.41) is 19.1. The summed E-state index contributed by atoms with van der Waals surface area (Å²) in [6, 6.07) is 7.44. The second-order valence-electron chi connectivity index (χ2n) is 5.94. The average Bonchev–Trinajstić information content (AvgIpc) is 2.96. The van der Waals surface area contributed by atoms with Gasteiger partial charge in [0.05, 0.1) is 6.61 Å². The Morgan fingerprint density at radius 3 is 2.46 bits per heavy atom. The third-order valence-electron chi connectivity index (χ3n) is 4.41. The molecule has 7 nitrogen and oxygen atoms in total. The zero-order valence-electron chi connectivity index (χ0n) is 13.6. The zero-order valence-corrected chi connectivity index (χ0v) is 13.6. The maximum atomic E-state index is 11.4. The number of nitrogens with one attached hydrogen (secondary N) is 1. The molecule has 1 aliphatic rings. The van der Waals surface area contributed by atoms with Gasteiger partial charge in [-0.15, -0.1) is 0 Å². The van der Waals surface area contributed by atoms with Gasteiger partial charge in [0.2, 0.25) is 0 Å². The molecule has 3 N–H and O–H groups in total. The lowest BCUT2D eigenvalue weighted by molar-refractivity contribution is 0.0684. The monoisotopic (exact) mass is 333 g/mol. The molecule has 2 aromatic rings. The molecule has 0 spiro atoms. The number of aromatic carboxylic acids is 1. The van der Waals surface area contributed by atoms with Crippen molar-refractivity contribution in [2.24, 2.45) is 0 Å². The van der Waals surface area contributed by atoms with Crippen LogP contribution in [0.3, 0.4) is 0 Å². The number of fused-ring (bicyclic) bond motifs is 1. The number of nitrogens with zero attached hydrogens (tertiary/aromatic N) is 2. The van der Waals surface area contributed by atoms with E-state index >= 15 is 0 Å². The van der Waals surface area contributed by atoms with E-state index in [0.29, 0.717) is 12.4 Å². The van der Waals surface area contributed by atoms with E-state index in [2.05, 4.69) is 14.8 Å². The normalized spacial score (nSPS) is 16.5. The van der Waals surface area contributed by atoms with Crippen LogP contribution in [0.1, 0.15) is 10.5 Å². The van der Waals surface area contributed by atoms with E-state index in [1.807, 2.05) is 24.3 Å². The van der Waals surface area contributed by atoms with Crippen LogP contribution in [0, 0.1) is 0 Å². The number of aromatic amines is 1. The van der Waals surface area contributed by atoms with E-state index in [9.17, 15) is 9.90 Å². The average molecular weight is 333 g/mol. The number of H-pyrrole nitrogens is 1. The summed E-state index contributed by atoms with van der Waals surface area (Å²) in [4.78, 5) is 18.8. The number of aliphatic hydroxyl groups is 1. The summed E-state index contributed by atoms with van der Waals surface area (Å²) in [5.74, 6) is -0.601. The fourth-order valence-electron chi connectivity index (χ4n) is 3.07. The fraction of sp³-hybridized carbons (Fsp3) is 0.471. The minimum atomic E-state index is -1.01. The SMILES string of the molecule is O=C(O)c1[nH]c2ccccc2c1OCCN1CCN(CCO)CC1. The second kappa shape index (κ2) is 7.65. The molecule has 3 rings (SSSR count). The summed E-state index contributed by atoms with van der Waals surface area (Å²) in [7, 11) is 0. The van der Waals surface area contributed by atoms with Crippen molar-refractivity contribution < 1.29 is 19.7 Å². The topological polar surface area (TPSA) is 89.0 Å². The van der Waals surface area contributed by atoms with Gasteiger partial charge in [-0.2, -0.15) is 0 Å². The molecule has 0 bridgehead atoms. The minimum absolute atomic E-state index is 0.101. The number of aliphatic hydroxyl groups excluding tert-OH is 1. The molecule has 1 saturated heterocycles. The van der Waals surface area contributed by atoms with E-state index in [4.69, 9.17) is 9.84 Å². The van der Waals surface area contributed by atoms with Crippen LogP contribution in [-0.2, 0) is 0 Å². The number of aromatic nitrogens is 1. The van der Waals surface area contributed by atoms with Gasteiger partial charge in [0.1, 0.15) is 6.61 Å². The van der Waals surface area contributed by atoms with Gasteiger partial charge in [-0.1, -0.05) is 12.1 Å². The Morgan fingerprint density at radius 1 is 1.12 bits per heavy atom. The van der Waals surface area contributed by atoms with E-state index in [-0.39, 0.29) is 12.3 Å². The highest BCUT2D eigenvalue weighted by Gasteiger charge is 2.20. The number of benzene rings is 1. The molecule has 0 aliphatic carbocycles. The molecule has 0 radical (unpaired) electrons. The third-order valence-corrected chi connectivity index (χ3v) is 4.41. The Balaban J connectivity index is 1.58. The van der Waals surface area contributed by atoms with E-state index in [1.54, 1.807) is 0 Å². The first kappa shape index (κ1) is 16.8. The van der Waals surface area contributed by atoms with Gasteiger partial charge in [0.15, 0.2) is 11.4 Å². The Morgan fingerprint density at radius 2 is 1.79 bits per heavy atom. The van der Waals surface area contributed by atoms with E-state index in [0.717, 1.165) is 50.2 Å². The van der Waals surface area contributed by atoms with E-state index < -0.39 is 5.97 Å². The van der Waals surface area contributed by atoms with Gasteiger partial charge in [-0.3, -0.25) is 9.80 Å². The lowest BCUT2D eigenvalue weighted by Gasteiger charge is -2.34. The van der Waals surface area contributed by atoms with Crippen LogP contribution in [0.2, 0.25) is 0 Å². The Labute approximate surface area is 140 Å². The van der Waals surface area contributed by atoms with Crippen molar-refractivity contribution in [2.45, 2.75) is 0 Å². The molecule has 0 saturated carbocycles. The number of hydrogen-bond donors (Lipinski definition) is 3. The Bertz CT molecular complexity index is 692. The molecule has 1 aliphatic heterocycles. The molecule has 2 heterocycles. The standard InChI is InChI=1S/C17H23N3O4/c21-11-9-19-5-7-20(8-6-19)10-12-24-16-13-3-1-2-4-14(13)18-15(16)17(22)23/h1-4,18,21H,5-12H2,(H,22,23). The molecule has 0 amide bonds.